The Morgan fingerprint density at radius 2 is 2.00 bits per heavy atom. The van der Waals surface area contributed by atoms with Gasteiger partial charge in [0.1, 0.15) is 17.0 Å². The second-order valence-corrected chi connectivity index (χ2v) is 6.48. The third-order valence-corrected chi connectivity index (χ3v) is 5.06. The van der Waals surface area contributed by atoms with Gasteiger partial charge in [0.2, 0.25) is 0 Å². The number of phenols is 1. The van der Waals surface area contributed by atoms with Gasteiger partial charge in [-0.2, -0.15) is 0 Å². The van der Waals surface area contributed by atoms with Gasteiger partial charge in [-0.05, 0) is 36.1 Å². The molecule has 1 amide bonds. The summed E-state index contributed by atoms with van der Waals surface area (Å²) in [5, 5.41) is 9.47. The van der Waals surface area contributed by atoms with Gasteiger partial charge >= 0.3 is 0 Å². The summed E-state index contributed by atoms with van der Waals surface area (Å²) in [6.07, 6.45) is 1.56. The normalized spacial score (nSPS) is 22.2. The molecule has 1 fully saturated rings. The number of aromatic hydroxyl groups is 1. The van der Waals surface area contributed by atoms with Crippen molar-refractivity contribution in [2.24, 2.45) is 0 Å². The van der Waals surface area contributed by atoms with Crippen LogP contribution in [-0.4, -0.2) is 35.6 Å². The minimum atomic E-state index is -1.22. The standard InChI is InChI=1S/C19H17F2NO3/c20-14-5-6-15(23)17(21)16(14)18(24)22-9-10-25-19(11-22)8-7-12-3-1-2-4-13(12)19/h1-6,23H,7-11H2. The Bertz CT molecular complexity index is 851. The first kappa shape index (κ1) is 16.0. The molecule has 1 aliphatic heterocycles. The van der Waals surface area contributed by atoms with Crippen LogP contribution in [0.3, 0.4) is 0 Å². The number of carbonyl (C=O) groups is 1. The van der Waals surface area contributed by atoms with Crippen molar-refractivity contribution in [1.82, 2.24) is 4.90 Å². The van der Waals surface area contributed by atoms with E-state index >= 15 is 0 Å². The number of hydrogen-bond donors (Lipinski definition) is 1. The predicted octanol–water partition coefficient (Wildman–Crippen LogP) is 2.98. The lowest BCUT2D eigenvalue weighted by molar-refractivity contribution is -0.104. The molecular formula is C19H17F2NO3. The fraction of sp³-hybridized carbons (Fsp3) is 0.316. The first-order valence-corrected chi connectivity index (χ1v) is 8.20. The number of benzene rings is 2. The van der Waals surface area contributed by atoms with E-state index in [2.05, 4.69) is 0 Å². The number of ether oxygens (including phenoxy) is 1. The molecule has 1 atom stereocenters. The van der Waals surface area contributed by atoms with Crippen molar-refractivity contribution in [2.75, 3.05) is 19.7 Å². The van der Waals surface area contributed by atoms with E-state index in [1.54, 1.807) is 0 Å². The van der Waals surface area contributed by atoms with Crippen molar-refractivity contribution in [1.29, 1.82) is 0 Å². The minimum absolute atomic E-state index is 0.234. The Balaban J connectivity index is 1.67. The van der Waals surface area contributed by atoms with E-state index in [0.717, 1.165) is 30.5 Å². The second-order valence-electron chi connectivity index (χ2n) is 6.48. The lowest BCUT2D eigenvalue weighted by atomic mass is 9.93. The number of amides is 1. The van der Waals surface area contributed by atoms with Gasteiger partial charge in [-0.15, -0.1) is 0 Å². The molecule has 0 saturated carbocycles. The molecule has 0 radical (unpaired) electrons. The highest BCUT2D eigenvalue weighted by Crippen LogP contribution is 2.42. The highest BCUT2D eigenvalue weighted by Gasteiger charge is 2.45. The second kappa shape index (κ2) is 5.81. The molecule has 130 valence electrons. The van der Waals surface area contributed by atoms with Gasteiger partial charge in [0.05, 0.1) is 13.2 Å². The van der Waals surface area contributed by atoms with Crippen LogP contribution in [0.1, 0.15) is 27.9 Å². The Morgan fingerprint density at radius 3 is 2.84 bits per heavy atom. The van der Waals surface area contributed by atoms with Crippen molar-refractivity contribution in [3.8, 4) is 5.75 Å². The highest BCUT2D eigenvalue weighted by molar-refractivity contribution is 5.95. The third-order valence-electron chi connectivity index (χ3n) is 5.06. The zero-order valence-corrected chi connectivity index (χ0v) is 13.5. The van der Waals surface area contributed by atoms with E-state index in [0.29, 0.717) is 6.61 Å². The third kappa shape index (κ3) is 2.48. The van der Waals surface area contributed by atoms with E-state index in [-0.39, 0.29) is 13.1 Å². The van der Waals surface area contributed by atoms with Crippen molar-refractivity contribution >= 4 is 5.91 Å². The van der Waals surface area contributed by atoms with Crippen LogP contribution < -0.4 is 0 Å². The summed E-state index contributed by atoms with van der Waals surface area (Å²) in [5.74, 6) is -3.71. The maximum absolute atomic E-state index is 14.1. The fourth-order valence-electron chi connectivity index (χ4n) is 3.82. The number of halogens is 2. The average Bonchev–Trinajstić information content (AvgIpc) is 2.97. The molecule has 2 aliphatic rings. The van der Waals surface area contributed by atoms with Gasteiger partial charge < -0.3 is 14.7 Å². The topological polar surface area (TPSA) is 49.8 Å². The number of nitrogens with zero attached hydrogens (tertiary/aromatic N) is 1. The monoisotopic (exact) mass is 345 g/mol. The van der Waals surface area contributed by atoms with E-state index in [1.807, 2.05) is 24.3 Å². The Morgan fingerprint density at radius 1 is 1.20 bits per heavy atom. The molecule has 1 N–H and O–H groups in total. The number of aryl methyl sites for hydroxylation is 1. The summed E-state index contributed by atoms with van der Waals surface area (Å²) in [6, 6.07) is 9.68. The summed E-state index contributed by atoms with van der Waals surface area (Å²) >= 11 is 0. The van der Waals surface area contributed by atoms with Crippen molar-refractivity contribution < 1.29 is 23.4 Å². The largest absolute Gasteiger partial charge is 0.505 e. The van der Waals surface area contributed by atoms with Gasteiger partial charge in [-0.25, -0.2) is 8.78 Å². The zero-order chi connectivity index (χ0) is 17.6. The minimum Gasteiger partial charge on any atom is -0.505 e. The number of morpholine rings is 1. The maximum Gasteiger partial charge on any atom is 0.260 e. The number of carbonyl (C=O) groups excluding carboxylic acids is 1. The molecule has 4 nitrogen and oxygen atoms in total. The highest BCUT2D eigenvalue weighted by atomic mass is 19.1. The van der Waals surface area contributed by atoms with Crippen molar-refractivity contribution in [3.05, 3.63) is 64.7 Å². The van der Waals surface area contributed by atoms with Gasteiger partial charge in [-0.1, -0.05) is 24.3 Å². The number of fused-ring (bicyclic) bond motifs is 2. The van der Waals surface area contributed by atoms with Crippen LogP contribution in [0.15, 0.2) is 36.4 Å². The Kier molecular flexibility index (Phi) is 3.72. The fourth-order valence-corrected chi connectivity index (χ4v) is 3.82. The van der Waals surface area contributed by atoms with E-state index in [9.17, 15) is 18.7 Å². The van der Waals surface area contributed by atoms with Crippen LogP contribution in [0.5, 0.6) is 5.75 Å². The number of rotatable bonds is 1. The predicted molar refractivity (Wildman–Crippen MR) is 86.3 cm³/mol. The summed E-state index contributed by atoms with van der Waals surface area (Å²) in [7, 11) is 0. The van der Waals surface area contributed by atoms with Crippen molar-refractivity contribution in [2.45, 2.75) is 18.4 Å². The molecule has 2 aromatic rings. The van der Waals surface area contributed by atoms with Crippen LogP contribution in [0.25, 0.3) is 0 Å². The molecule has 1 unspecified atom stereocenters. The molecule has 1 heterocycles. The molecule has 0 aromatic heterocycles. The van der Waals surface area contributed by atoms with Crippen LogP contribution >= 0.6 is 0 Å². The quantitative estimate of drug-likeness (QED) is 0.864. The maximum atomic E-state index is 14.1. The Hall–Kier alpha value is -2.47. The average molecular weight is 345 g/mol. The van der Waals surface area contributed by atoms with Crippen LogP contribution in [0, 0.1) is 11.6 Å². The lowest BCUT2D eigenvalue weighted by Crippen LogP contribution is -2.51. The number of phenolic OH excluding ortho intramolecular Hbond substituents is 1. The molecule has 6 heteroatoms. The Labute approximate surface area is 143 Å². The zero-order valence-electron chi connectivity index (χ0n) is 13.5. The first-order chi connectivity index (χ1) is 12.0. The molecule has 4 rings (SSSR count). The van der Waals surface area contributed by atoms with Crippen LogP contribution in [0.4, 0.5) is 8.78 Å². The van der Waals surface area contributed by atoms with E-state index in [4.69, 9.17) is 4.74 Å². The lowest BCUT2D eigenvalue weighted by Gasteiger charge is -2.41. The molecule has 25 heavy (non-hydrogen) atoms. The molecule has 1 spiro atoms. The summed E-state index contributed by atoms with van der Waals surface area (Å²) in [6.45, 7) is 0.775. The van der Waals surface area contributed by atoms with Crippen LogP contribution in [-0.2, 0) is 16.8 Å². The smallest absolute Gasteiger partial charge is 0.260 e. The van der Waals surface area contributed by atoms with Gasteiger partial charge in [0.25, 0.3) is 5.91 Å². The van der Waals surface area contributed by atoms with Crippen LogP contribution in [0.2, 0.25) is 0 Å². The summed E-state index contributed by atoms with van der Waals surface area (Å²) < 4.78 is 34.1. The number of hydrogen-bond acceptors (Lipinski definition) is 3. The first-order valence-electron chi connectivity index (χ1n) is 8.20. The van der Waals surface area contributed by atoms with E-state index < -0.39 is 34.5 Å². The summed E-state index contributed by atoms with van der Waals surface area (Å²) in [4.78, 5) is 14.1. The molecular weight excluding hydrogens is 328 g/mol. The molecule has 1 aliphatic carbocycles. The summed E-state index contributed by atoms with van der Waals surface area (Å²) in [5.41, 5.74) is 0.855. The molecule has 1 saturated heterocycles. The van der Waals surface area contributed by atoms with Gasteiger partial charge in [0.15, 0.2) is 11.6 Å². The van der Waals surface area contributed by atoms with Gasteiger partial charge in [-0.3, -0.25) is 4.79 Å². The van der Waals surface area contributed by atoms with Crippen molar-refractivity contribution in [3.63, 3.8) is 0 Å². The SMILES string of the molecule is O=C(c1c(F)ccc(O)c1F)N1CCOC2(CCc3ccccc32)C1. The molecule has 2 aromatic carbocycles. The van der Waals surface area contributed by atoms with E-state index in [1.165, 1.54) is 10.5 Å². The molecule has 0 bridgehead atoms. The van der Waals surface area contributed by atoms with Gasteiger partial charge in [0, 0.05) is 6.54 Å².